The summed E-state index contributed by atoms with van der Waals surface area (Å²) in [5.74, 6) is -0.249. The number of aryl methyl sites for hydroxylation is 1. The van der Waals surface area contributed by atoms with Gasteiger partial charge < -0.3 is 4.90 Å². The minimum absolute atomic E-state index is 0.108. The summed E-state index contributed by atoms with van der Waals surface area (Å²) in [6.07, 6.45) is 1.17. The monoisotopic (exact) mass is 405 g/mol. The molecule has 0 unspecified atom stereocenters. The van der Waals surface area contributed by atoms with Crippen LogP contribution >= 0.6 is 0 Å². The number of aromatic nitrogens is 2. The number of H-pyrrole nitrogens is 1. The second-order valence-corrected chi connectivity index (χ2v) is 7.76. The number of Topliss-reactive ketones (excluding diaryl/α,β-unsaturated/α-hetero) is 1. The van der Waals surface area contributed by atoms with Crippen LogP contribution in [0, 0.1) is 12.8 Å². The van der Waals surface area contributed by atoms with Crippen molar-refractivity contribution in [2.75, 3.05) is 13.1 Å². The summed E-state index contributed by atoms with van der Waals surface area (Å²) >= 11 is 0. The third-order valence-electron chi connectivity index (χ3n) is 5.73. The summed E-state index contributed by atoms with van der Waals surface area (Å²) in [6.45, 7) is 2.66. The summed E-state index contributed by atoms with van der Waals surface area (Å²) < 4.78 is 1.07. The molecule has 30 heavy (non-hydrogen) atoms. The molecule has 0 radical (unpaired) electrons. The molecule has 1 amide bonds. The highest BCUT2D eigenvalue weighted by atomic mass is 16.2. The number of hydrogen-bond donors (Lipinski definition) is 1. The number of hydrogen-bond acceptors (Lipinski definition) is 4. The fourth-order valence-electron chi connectivity index (χ4n) is 3.94. The quantitative estimate of drug-likeness (QED) is 0.673. The summed E-state index contributed by atoms with van der Waals surface area (Å²) in [4.78, 5) is 51.9. The molecule has 0 bridgehead atoms. The first-order valence-electron chi connectivity index (χ1n) is 10.0. The fraction of sp³-hybridized carbons (Fsp3) is 0.304. The molecule has 1 aromatic heterocycles. The molecule has 7 heteroatoms. The normalized spacial score (nSPS) is 14.8. The molecule has 3 aromatic rings. The Kier molecular flexibility index (Phi) is 5.35. The van der Waals surface area contributed by atoms with E-state index in [4.69, 9.17) is 0 Å². The average Bonchev–Trinajstić information content (AvgIpc) is 2.77. The van der Waals surface area contributed by atoms with Gasteiger partial charge in [-0.15, -0.1) is 0 Å². The minimum Gasteiger partial charge on any atom is -0.341 e. The van der Waals surface area contributed by atoms with Gasteiger partial charge >= 0.3 is 0 Å². The first kappa shape index (κ1) is 19.8. The van der Waals surface area contributed by atoms with E-state index in [1.54, 1.807) is 29.2 Å². The number of likely N-dealkylation sites (tertiary alicyclic amines) is 1. The number of benzene rings is 2. The van der Waals surface area contributed by atoms with Gasteiger partial charge in [0.1, 0.15) is 6.54 Å². The van der Waals surface area contributed by atoms with E-state index in [0.29, 0.717) is 36.9 Å². The van der Waals surface area contributed by atoms with Crippen LogP contribution in [0.1, 0.15) is 28.8 Å². The number of fused-ring (bicyclic) bond motifs is 1. The second kappa shape index (κ2) is 8.10. The zero-order valence-electron chi connectivity index (χ0n) is 16.8. The van der Waals surface area contributed by atoms with Crippen molar-refractivity contribution in [3.8, 4) is 0 Å². The largest absolute Gasteiger partial charge is 0.341 e. The molecule has 0 saturated carbocycles. The van der Waals surface area contributed by atoms with Gasteiger partial charge in [-0.25, -0.2) is 4.68 Å². The highest BCUT2D eigenvalue weighted by Crippen LogP contribution is 2.22. The van der Waals surface area contributed by atoms with E-state index in [9.17, 15) is 19.2 Å². The SMILES string of the molecule is Cc1ccc(C(=O)C2CCN(C(=O)Cn3[nH]c(=O)c4ccccc4c3=O)CC2)cc1. The van der Waals surface area contributed by atoms with Gasteiger partial charge in [0.05, 0.1) is 10.8 Å². The number of aromatic amines is 1. The Labute approximate surface area is 172 Å². The molecule has 1 aliphatic heterocycles. The molecule has 7 nitrogen and oxygen atoms in total. The molecular formula is C23H23N3O4. The molecule has 1 aliphatic rings. The average molecular weight is 405 g/mol. The molecule has 0 aliphatic carbocycles. The van der Waals surface area contributed by atoms with Gasteiger partial charge in [-0.2, -0.15) is 0 Å². The maximum absolute atomic E-state index is 12.7. The van der Waals surface area contributed by atoms with Crippen LogP contribution in [-0.2, 0) is 11.3 Å². The number of ketones is 1. The van der Waals surface area contributed by atoms with E-state index in [1.807, 2.05) is 31.2 Å². The highest BCUT2D eigenvalue weighted by Gasteiger charge is 2.28. The number of carbonyl (C=O) groups is 2. The summed E-state index contributed by atoms with van der Waals surface area (Å²) in [5.41, 5.74) is 1.00. The predicted molar refractivity (Wildman–Crippen MR) is 114 cm³/mol. The van der Waals surface area contributed by atoms with E-state index in [0.717, 1.165) is 10.2 Å². The van der Waals surface area contributed by atoms with Crippen LogP contribution in [-0.4, -0.2) is 39.5 Å². The predicted octanol–water partition coefficient (Wildman–Crippen LogP) is 2.12. The zero-order chi connectivity index (χ0) is 21.3. The van der Waals surface area contributed by atoms with Gasteiger partial charge in [-0.3, -0.25) is 24.3 Å². The van der Waals surface area contributed by atoms with E-state index < -0.39 is 11.1 Å². The van der Waals surface area contributed by atoms with Crippen LogP contribution in [0.15, 0.2) is 58.1 Å². The lowest BCUT2D eigenvalue weighted by Crippen LogP contribution is -2.44. The first-order chi connectivity index (χ1) is 14.4. The van der Waals surface area contributed by atoms with E-state index >= 15 is 0 Å². The standard InChI is InChI=1S/C23H23N3O4/c1-15-6-8-16(9-7-15)21(28)17-10-12-25(13-11-17)20(27)14-26-23(30)19-5-3-2-4-18(19)22(29)24-26/h2-9,17H,10-14H2,1H3,(H,24,29). The topological polar surface area (TPSA) is 92.2 Å². The maximum atomic E-state index is 12.7. The van der Waals surface area contributed by atoms with Crippen molar-refractivity contribution in [2.45, 2.75) is 26.3 Å². The Balaban J connectivity index is 1.43. The summed E-state index contributed by atoms with van der Waals surface area (Å²) in [6, 6.07) is 14.1. The number of nitrogens with zero attached hydrogens (tertiary/aromatic N) is 2. The second-order valence-electron chi connectivity index (χ2n) is 7.76. The third kappa shape index (κ3) is 3.83. The summed E-state index contributed by atoms with van der Waals surface area (Å²) in [7, 11) is 0. The van der Waals surface area contributed by atoms with Gasteiger partial charge in [-0.05, 0) is 31.9 Å². The van der Waals surface area contributed by atoms with Crippen molar-refractivity contribution in [1.82, 2.24) is 14.7 Å². The fourth-order valence-corrected chi connectivity index (χ4v) is 3.94. The molecule has 2 aromatic carbocycles. The molecule has 4 rings (SSSR count). The van der Waals surface area contributed by atoms with Gasteiger partial charge in [0.15, 0.2) is 5.78 Å². The van der Waals surface area contributed by atoms with Crippen LogP contribution in [0.5, 0.6) is 0 Å². The van der Waals surface area contributed by atoms with Crippen molar-refractivity contribution < 1.29 is 9.59 Å². The smallest absolute Gasteiger partial charge is 0.273 e. The van der Waals surface area contributed by atoms with Gasteiger partial charge in [-0.1, -0.05) is 42.0 Å². The van der Waals surface area contributed by atoms with Crippen molar-refractivity contribution >= 4 is 22.5 Å². The Morgan fingerprint density at radius 3 is 2.27 bits per heavy atom. The molecule has 0 spiro atoms. The van der Waals surface area contributed by atoms with Crippen LogP contribution in [0.25, 0.3) is 10.8 Å². The van der Waals surface area contributed by atoms with Gasteiger partial charge in [0.25, 0.3) is 11.1 Å². The van der Waals surface area contributed by atoms with E-state index in [-0.39, 0.29) is 29.5 Å². The number of piperidine rings is 1. The van der Waals surface area contributed by atoms with Gasteiger partial charge in [0.2, 0.25) is 5.91 Å². The van der Waals surface area contributed by atoms with Crippen molar-refractivity contribution in [3.05, 3.63) is 80.4 Å². The Morgan fingerprint density at radius 2 is 1.60 bits per heavy atom. The van der Waals surface area contributed by atoms with E-state index in [2.05, 4.69) is 5.10 Å². The molecular weight excluding hydrogens is 382 g/mol. The zero-order valence-corrected chi connectivity index (χ0v) is 16.8. The Bertz CT molecular complexity index is 1220. The van der Waals surface area contributed by atoms with Crippen molar-refractivity contribution in [2.24, 2.45) is 5.92 Å². The maximum Gasteiger partial charge on any atom is 0.273 e. The highest BCUT2D eigenvalue weighted by molar-refractivity contribution is 5.98. The lowest BCUT2D eigenvalue weighted by molar-refractivity contribution is -0.133. The Hall–Kier alpha value is -3.48. The number of carbonyl (C=O) groups excluding carboxylic acids is 2. The number of nitrogens with one attached hydrogen (secondary N) is 1. The van der Waals surface area contributed by atoms with Gasteiger partial charge in [0, 0.05) is 24.6 Å². The van der Waals surface area contributed by atoms with Crippen molar-refractivity contribution in [1.29, 1.82) is 0 Å². The molecule has 1 fully saturated rings. The molecule has 154 valence electrons. The molecule has 1 saturated heterocycles. The molecule has 2 heterocycles. The lowest BCUT2D eigenvalue weighted by atomic mass is 9.88. The number of amides is 1. The molecule has 0 atom stereocenters. The van der Waals surface area contributed by atoms with Crippen LogP contribution in [0.3, 0.4) is 0 Å². The van der Waals surface area contributed by atoms with Crippen LogP contribution < -0.4 is 11.1 Å². The molecule has 1 N–H and O–H groups in total. The Morgan fingerprint density at radius 1 is 0.967 bits per heavy atom. The lowest BCUT2D eigenvalue weighted by Gasteiger charge is -2.31. The van der Waals surface area contributed by atoms with Crippen LogP contribution in [0.2, 0.25) is 0 Å². The number of rotatable bonds is 4. The third-order valence-corrected chi connectivity index (χ3v) is 5.73. The minimum atomic E-state index is -0.402. The summed E-state index contributed by atoms with van der Waals surface area (Å²) in [5, 5.41) is 3.08. The van der Waals surface area contributed by atoms with E-state index in [1.165, 1.54) is 0 Å². The van der Waals surface area contributed by atoms with Crippen molar-refractivity contribution in [3.63, 3.8) is 0 Å². The first-order valence-corrected chi connectivity index (χ1v) is 10.0. The van der Waals surface area contributed by atoms with Crippen LogP contribution in [0.4, 0.5) is 0 Å².